The predicted octanol–water partition coefficient (Wildman–Crippen LogP) is 4.80. The van der Waals surface area contributed by atoms with E-state index >= 15 is 0 Å². The molecule has 0 aliphatic heterocycles. The molecular weight excluding hydrogens is 382 g/mol. The Hall–Kier alpha value is -2.73. The Bertz CT molecular complexity index is 1030. The molecule has 29 heavy (non-hydrogen) atoms. The second-order valence-electron chi connectivity index (χ2n) is 6.87. The number of sulfonamides is 1. The Labute approximate surface area is 172 Å². The highest BCUT2D eigenvalue weighted by Gasteiger charge is 2.05. The van der Waals surface area contributed by atoms with Crippen molar-refractivity contribution in [1.82, 2.24) is 4.72 Å². The van der Waals surface area contributed by atoms with Crippen LogP contribution in [0, 0.1) is 6.92 Å². The molecule has 0 saturated heterocycles. The van der Waals surface area contributed by atoms with E-state index in [0.29, 0.717) is 13.2 Å². The van der Waals surface area contributed by atoms with E-state index < -0.39 is 10.0 Å². The van der Waals surface area contributed by atoms with Gasteiger partial charge in [-0.2, -0.15) is 0 Å². The molecule has 0 radical (unpaired) electrons. The molecule has 5 heteroatoms. The topological polar surface area (TPSA) is 55.4 Å². The molecule has 4 nitrogen and oxygen atoms in total. The predicted molar refractivity (Wildman–Crippen MR) is 117 cm³/mol. The second-order valence-corrected chi connectivity index (χ2v) is 8.53. The minimum Gasteiger partial charge on any atom is -0.372 e. The SMILES string of the molecule is Cc1ccc(/C=C/S(=O)(=O)NCc2ccc(COCc3ccccc3)cc2)cc1. The normalized spacial score (nSPS) is 11.8. The van der Waals surface area contributed by atoms with Gasteiger partial charge in [0.1, 0.15) is 0 Å². The van der Waals surface area contributed by atoms with Crippen LogP contribution in [0.3, 0.4) is 0 Å². The molecule has 150 valence electrons. The van der Waals surface area contributed by atoms with Crippen molar-refractivity contribution in [2.75, 3.05) is 0 Å². The van der Waals surface area contributed by atoms with Gasteiger partial charge in [0.25, 0.3) is 0 Å². The maximum Gasteiger partial charge on any atom is 0.234 e. The van der Waals surface area contributed by atoms with Crippen molar-refractivity contribution in [3.05, 3.63) is 112 Å². The Kier molecular flexibility index (Phi) is 7.36. The zero-order valence-corrected chi connectivity index (χ0v) is 17.2. The van der Waals surface area contributed by atoms with Crippen molar-refractivity contribution in [2.24, 2.45) is 0 Å². The quantitative estimate of drug-likeness (QED) is 0.554. The van der Waals surface area contributed by atoms with Crippen LogP contribution in [-0.2, 0) is 34.5 Å². The number of aryl methyl sites for hydroxylation is 1. The minimum absolute atomic E-state index is 0.242. The van der Waals surface area contributed by atoms with Crippen molar-refractivity contribution >= 4 is 16.1 Å². The summed E-state index contributed by atoms with van der Waals surface area (Å²) in [6.07, 6.45) is 1.59. The highest BCUT2D eigenvalue weighted by molar-refractivity contribution is 7.92. The zero-order chi connectivity index (χ0) is 20.5. The van der Waals surface area contributed by atoms with Gasteiger partial charge in [0, 0.05) is 12.0 Å². The van der Waals surface area contributed by atoms with Crippen molar-refractivity contribution < 1.29 is 13.2 Å². The van der Waals surface area contributed by atoms with E-state index in [2.05, 4.69) is 4.72 Å². The van der Waals surface area contributed by atoms with Crippen LogP contribution in [0.4, 0.5) is 0 Å². The van der Waals surface area contributed by atoms with Gasteiger partial charge in [-0.25, -0.2) is 13.1 Å². The third-order valence-corrected chi connectivity index (χ3v) is 5.44. The second kappa shape index (κ2) is 10.2. The highest BCUT2D eigenvalue weighted by atomic mass is 32.2. The Balaban J connectivity index is 1.47. The molecule has 3 rings (SSSR count). The number of nitrogens with one attached hydrogen (secondary N) is 1. The molecule has 0 aliphatic rings. The lowest BCUT2D eigenvalue weighted by Crippen LogP contribution is -2.20. The third-order valence-electron chi connectivity index (χ3n) is 4.40. The first-order valence-corrected chi connectivity index (χ1v) is 11.0. The van der Waals surface area contributed by atoms with Gasteiger partial charge in [-0.15, -0.1) is 0 Å². The van der Waals surface area contributed by atoms with E-state index in [0.717, 1.165) is 27.8 Å². The van der Waals surface area contributed by atoms with Gasteiger partial charge in [0.05, 0.1) is 13.2 Å². The van der Waals surface area contributed by atoms with Gasteiger partial charge in [-0.3, -0.25) is 0 Å². The summed E-state index contributed by atoms with van der Waals surface area (Å²) in [5.41, 5.74) is 5.06. The summed E-state index contributed by atoms with van der Waals surface area (Å²) in [5, 5.41) is 1.20. The summed E-state index contributed by atoms with van der Waals surface area (Å²) in [6, 6.07) is 25.4. The summed E-state index contributed by atoms with van der Waals surface area (Å²) in [7, 11) is -3.50. The maximum atomic E-state index is 12.2. The Morgan fingerprint density at radius 2 is 1.38 bits per heavy atom. The van der Waals surface area contributed by atoms with Gasteiger partial charge < -0.3 is 4.74 Å². The molecule has 0 aromatic heterocycles. The minimum atomic E-state index is -3.50. The van der Waals surface area contributed by atoms with Crippen molar-refractivity contribution in [1.29, 1.82) is 0 Å². The molecule has 0 atom stereocenters. The van der Waals surface area contributed by atoms with Crippen LogP contribution in [-0.4, -0.2) is 8.42 Å². The maximum absolute atomic E-state index is 12.2. The molecule has 1 N–H and O–H groups in total. The monoisotopic (exact) mass is 407 g/mol. The zero-order valence-electron chi connectivity index (χ0n) is 16.4. The Morgan fingerprint density at radius 3 is 2.03 bits per heavy atom. The van der Waals surface area contributed by atoms with Gasteiger partial charge in [-0.1, -0.05) is 84.4 Å². The molecule has 3 aromatic carbocycles. The smallest absolute Gasteiger partial charge is 0.234 e. The molecule has 0 fully saturated rings. The summed E-state index contributed by atoms with van der Waals surface area (Å²) in [4.78, 5) is 0. The summed E-state index contributed by atoms with van der Waals surface area (Å²) in [6.45, 7) is 3.31. The van der Waals surface area contributed by atoms with Crippen LogP contribution in [0.1, 0.15) is 27.8 Å². The molecule has 0 amide bonds. The average molecular weight is 408 g/mol. The van der Waals surface area contributed by atoms with E-state index in [1.54, 1.807) is 6.08 Å². The molecule has 0 spiro atoms. The lowest BCUT2D eigenvalue weighted by molar-refractivity contribution is 0.107. The van der Waals surface area contributed by atoms with Crippen LogP contribution < -0.4 is 4.72 Å². The van der Waals surface area contributed by atoms with Crippen molar-refractivity contribution in [2.45, 2.75) is 26.7 Å². The number of hydrogen-bond donors (Lipinski definition) is 1. The van der Waals surface area contributed by atoms with Crippen LogP contribution >= 0.6 is 0 Å². The molecule has 0 bridgehead atoms. The largest absolute Gasteiger partial charge is 0.372 e. The molecular formula is C24H25NO3S. The summed E-state index contributed by atoms with van der Waals surface area (Å²) < 4.78 is 32.7. The fourth-order valence-corrected chi connectivity index (χ4v) is 3.49. The van der Waals surface area contributed by atoms with E-state index in [1.165, 1.54) is 5.41 Å². The van der Waals surface area contributed by atoms with E-state index in [9.17, 15) is 8.42 Å². The standard InChI is InChI=1S/C24H25NO3S/c1-20-7-9-21(10-8-20)15-16-29(26,27)25-17-22-11-13-24(14-12-22)19-28-18-23-5-3-2-4-6-23/h2-16,25H,17-19H2,1H3/b16-15+. The first-order valence-electron chi connectivity index (χ1n) is 9.44. The van der Waals surface area contributed by atoms with Crippen LogP contribution in [0.5, 0.6) is 0 Å². The van der Waals surface area contributed by atoms with Crippen LogP contribution in [0.2, 0.25) is 0 Å². The molecule has 0 unspecified atom stereocenters. The molecule has 0 heterocycles. The fraction of sp³-hybridized carbons (Fsp3) is 0.167. The van der Waals surface area contributed by atoms with E-state index in [-0.39, 0.29) is 6.54 Å². The van der Waals surface area contributed by atoms with E-state index in [4.69, 9.17) is 4.74 Å². The first kappa shape index (κ1) is 21.0. The lowest BCUT2D eigenvalue weighted by atomic mass is 10.1. The molecule has 0 aliphatic carbocycles. The van der Waals surface area contributed by atoms with Gasteiger partial charge in [-0.05, 0) is 35.3 Å². The van der Waals surface area contributed by atoms with Crippen molar-refractivity contribution in [3.63, 3.8) is 0 Å². The van der Waals surface area contributed by atoms with Gasteiger partial charge in [0.15, 0.2) is 0 Å². The van der Waals surface area contributed by atoms with Gasteiger partial charge in [0.2, 0.25) is 10.0 Å². The number of ether oxygens (including phenoxy) is 1. The summed E-state index contributed by atoms with van der Waals surface area (Å²) in [5.74, 6) is 0. The first-order chi connectivity index (χ1) is 14.0. The third kappa shape index (κ3) is 7.31. The number of benzene rings is 3. The fourth-order valence-electron chi connectivity index (χ4n) is 2.69. The Morgan fingerprint density at radius 1 is 0.793 bits per heavy atom. The molecule has 3 aromatic rings. The number of hydrogen-bond acceptors (Lipinski definition) is 3. The average Bonchev–Trinajstić information content (AvgIpc) is 2.74. The van der Waals surface area contributed by atoms with Crippen molar-refractivity contribution in [3.8, 4) is 0 Å². The molecule has 0 saturated carbocycles. The van der Waals surface area contributed by atoms with E-state index in [1.807, 2.05) is 85.8 Å². The number of rotatable bonds is 9. The van der Waals surface area contributed by atoms with Crippen LogP contribution in [0.25, 0.3) is 6.08 Å². The highest BCUT2D eigenvalue weighted by Crippen LogP contribution is 2.10. The van der Waals surface area contributed by atoms with Gasteiger partial charge >= 0.3 is 0 Å². The lowest BCUT2D eigenvalue weighted by Gasteiger charge is -2.07. The summed E-state index contributed by atoms with van der Waals surface area (Å²) >= 11 is 0. The van der Waals surface area contributed by atoms with Crippen LogP contribution in [0.15, 0.2) is 84.3 Å².